The van der Waals surface area contributed by atoms with E-state index in [0.717, 1.165) is 47.2 Å². The fourth-order valence-electron chi connectivity index (χ4n) is 3.94. The van der Waals surface area contributed by atoms with Crippen molar-refractivity contribution in [3.05, 3.63) is 71.2 Å². The van der Waals surface area contributed by atoms with Gasteiger partial charge in [0.15, 0.2) is 0 Å². The highest BCUT2D eigenvalue weighted by molar-refractivity contribution is 6.17. The van der Waals surface area contributed by atoms with Gasteiger partial charge in [-0.05, 0) is 75.1 Å². The molecule has 7 heteroatoms. The molecule has 2 unspecified atom stereocenters. The zero-order valence-electron chi connectivity index (χ0n) is 20.3. The van der Waals surface area contributed by atoms with Crippen LogP contribution < -0.4 is 4.74 Å². The van der Waals surface area contributed by atoms with Crippen LogP contribution in [0, 0.1) is 18.8 Å². The van der Waals surface area contributed by atoms with Gasteiger partial charge < -0.3 is 4.74 Å². The molecular formula is C27H34ClF2N3O. The van der Waals surface area contributed by atoms with Crippen molar-refractivity contribution in [3.63, 3.8) is 0 Å². The highest BCUT2D eigenvalue weighted by Crippen LogP contribution is 2.48. The van der Waals surface area contributed by atoms with E-state index in [9.17, 15) is 8.78 Å². The number of nitrogens with zero attached hydrogens (tertiary/aromatic N) is 3. The maximum atomic E-state index is 13.8. The maximum Gasteiger partial charge on any atom is 0.269 e. The van der Waals surface area contributed by atoms with Crippen molar-refractivity contribution in [1.29, 1.82) is 0 Å². The number of halogens is 3. The van der Waals surface area contributed by atoms with Crippen LogP contribution in [0.3, 0.4) is 0 Å². The van der Waals surface area contributed by atoms with Crippen molar-refractivity contribution in [2.24, 2.45) is 11.8 Å². The minimum Gasteiger partial charge on any atom is -0.477 e. The van der Waals surface area contributed by atoms with E-state index in [2.05, 4.69) is 23.2 Å². The largest absolute Gasteiger partial charge is 0.477 e. The van der Waals surface area contributed by atoms with E-state index in [1.807, 2.05) is 42.9 Å². The molecule has 0 bridgehead atoms. The van der Waals surface area contributed by atoms with Gasteiger partial charge in [-0.3, -0.25) is 4.68 Å². The lowest BCUT2D eigenvalue weighted by Crippen LogP contribution is -2.18. The highest BCUT2D eigenvalue weighted by Gasteiger charge is 2.44. The molecule has 0 aromatic carbocycles. The average Bonchev–Trinajstić information content (AvgIpc) is 3.36. The van der Waals surface area contributed by atoms with Gasteiger partial charge in [-0.15, -0.1) is 11.6 Å². The van der Waals surface area contributed by atoms with Crippen molar-refractivity contribution in [2.45, 2.75) is 64.8 Å². The fourth-order valence-corrected chi connectivity index (χ4v) is 4.15. The summed E-state index contributed by atoms with van der Waals surface area (Å²) in [6, 6.07) is 2.04. The van der Waals surface area contributed by atoms with E-state index >= 15 is 0 Å². The maximum absolute atomic E-state index is 13.8. The molecule has 0 radical (unpaired) electrons. The average molecular weight is 490 g/mol. The van der Waals surface area contributed by atoms with E-state index < -0.39 is 5.92 Å². The standard InChI is InChI=1S/C27H34ClF2N3O/c1-18(2)7-6-8-25-24(14-28)17-33(32-25)16-21-11-20(5)26(31-15-21)34-10-9-22-12-23(22)13-27(29,30)19(3)4/h6,8,11,15,17,22-23H,1,3,7,9-10,12-14,16H2,2,4-5H3/b8-6-. The predicted molar refractivity (Wildman–Crippen MR) is 134 cm³/mol. The molecular weight excluding hydrogens is 456 g/mol. The molecule has 184 valence electrons. The molecule has 4 nitrogen and oxygen atoms in total. The molecule has 2 atom stereocenters. The smallest absolute Gasteiger partial charge is 0.269 e. The van der Waals surface area contributed by atoms with Crippen LogP contribution in [0.1, 0.15) is 61.9 Å². The minimum atomic E-state index is -2.77. The van der Waals surface area contributed by atoms with Crippen LogP contribution in [0.5, 0.6) is 5.88 Å². The first-order chi connectivity index (χ1) is 16.1. The second kappa shape index (κ2) is 11.3. The number of hydrogen-bond donors (Lipinski definition) is 0. The Morgan fingerprint density at radius 2 is 2.09 bits per heavy atom. The third-order valence-electron chi connectivity index (χ3n) is 6.13. The summed E-state index contributed by atoms with van der Waals surface area (Å²) in [7, 11) is 0. The molecule has 0 saturated heterocycles. The summed E-state index contributed by atoms with van der Waals surface area (Å²) in [5.74, 6) is -1.45. The third kappa shape index (κ3) is 7.26. The zero-order valence-corrected chi connectivity index (χ0v) is 21.0. The van der Waals surface area contributed by atoms with Crippen molar-refractivity contribution >= 4 is 17.7 Å². The molecule has 2 heterocycles. The minimum absolute atomic E-state index is 0.0548. The van der Waals surface area contributed by atoms with Crippen molar-refractivity contribution in [2.75, 3.05) is 6.61 Å². The van der Waals surface area contributed by atoms with Gasteiger partial charge in [0.1, 0.15) is 0 Å². The quantitative estimate of drug-likeness (QED) is 0.218. The Labute approximate surface area is 206 Å². The van der Waals surface area contributed by atoms with E-state index in [-0.39, 0.29) is 17.9 Å². The van der Waals surface area contributed by atoms with Crippen LogP contribution in [0.25, 0.3) is 6.08 Å². The zero-order chi connectivity index (χ0) is 24.9. The Balaban J connectivity index is 1.51. The molecule has 1 fully saturated rings. The van der Waals surface area contributed by atoms with Gasteiger partial charge in [-0.25, -0.2) is 13.8 Å². The first kappa shape index (κ1) is 26.1. The van der Waals surface area contributed by atoms with Gasteiger partial charge in [0, 0.05) is 29.9 Å². The summed E-state index contributed by atoms with van der Waals surface area (Å²) in [6.07, 6.45) is 10.0. The Hall–Kier alpha value is -2.47. The number of pyridine rings is 1. The molecule has 1 saturated carbocycles. The van der Waals surface area contributed by atoms with Crippen LogP contribution in [0.4, 0.5) is 8.78 Å². The summed E-state index contributed by atoms with van der Waals surface area (Å²) in [5, 5.41) is 4.64. The number of hydrogen-bond acceptors (Lipinski definition) is 3. The van der Waals surface area contributed by atoms with Crippen LogP contribution in [-0.2, 0) is 12.4 Å². The van der Waals surface area contributed by atoms with Gasteiger partial charge in [-0.2, -0.15) is 5.10 Å². The molecule has 0 N–H and O–H groups in total. The van der Waals surface area contributed by atoms with Gasteiger partial charge in [0.25, 0.3) is 5.92 Å². The number of alkyl halides is 3. The Morgan fingerprint density at radius 1 is 1.32 bits per heavy atom. The lowest BCUT2D eigenvalue weighted by molar-refractivity contribution is 0.0251. The summed E-state index contributed by atoms with van der Waals surface area (Å²) >= 11 is 6.09. The Morgan fingerprint density at radius 3 is 2.74 bits per heavy atom. The monoisotopic (exact) mass is 489 g/mol. The van der Waals surface area contributed by atoms with E-state index in [1.54, 1.807) is 6.20 Å². The predicted octanol–water partition coefficient (Wildman–Crippen LogP) is 7.36. The van der Waals surface area contributed by atoms with E-state index in [4.69, 9.17) is 16.3 Å². The lowest BCUT2D eigenvalue weighted by atomic mass is 10.0. The molecule has 0 aliphatic heterocycles. The molecule has 0 spiro atoms. The molecule has 3 rings (SSSR count). The van der Waals surface area contributed by atoms with Gasteiger partial charge >= 0.3 is 0 Å². The molecule has 1 aliphatic carbocycles. The van der Waals surface area contributed by atoms with Crippen LogP contribution in [-0.4, -0.2) is 27.3 Å². The highest BCUT2D eigenvalue weighted by atomic mass is 35.5. The SMILES string of the molecule is C=C(C)C/C=C\c1nn(Cc2cnc(OCCC3CC3CC(F)(F)C(=C)C)c(C)c2)cc1CCl. The second-order valence-electron chi connectivity index (χ2n) is 9.48. The van der Waals surface area contributed by atoms with Crippen molar-refractivity contribution < 1.29 is 13.5 Å². The third-order valence-corrected chi connectivity index (χ3v) is 6.41. The van der Waals surface area contributed by atoms with E-state index in [0.29, 0.717) is 30.8 Å². The lowest BCUT2D eigenvalue weighted by Gasteiger charge is -2.16. The van der Waals surface area contributed by atoms with E-state index in [1.165, 1.54) is 6.92 Å². The fraction of sp³-hybridized carbons (Fsp3) is 0.481. The summed E-state index contributed by atoms with van der Waals surface area (Å²) in [4.78, 5) is 4.47. The number of allylic oxidation sites excluding steroid dienone is 3. The topological polar surface area (TPSA) is 39.9 Å². The summed E-state index contributed by atoms with van der Waals surface area (Å²) in [5.41, 5.74) is 4.82. The molecule has 34 heavy (non-hydrogen) atoms. The van der Waals surface area contributed by atoms with Crippen molar-refractivity contribution in [3.8, 4) is 5.88 Å². The van der Waals surface area contributed by atoms with Crippen LogP contribution in [0.15, 0.2) is 48.8 Å². The second-order valence-corrected chi connectivity index (χ2v) is 9.75. The Kier molecular flexibility index (Phi) is 8.69. The number of aromatic nitrogens is 3. The van der Waals surface area contributed by atoms with Crippen LogP contribution in [0.2, 0.25) is 0 Å². The first-order valence-corrected chi connectivity index (χ1v) is 12.2. The Bertz CT molecular complexity index is 1060. The molecule has 1 aliphatic rings. The number of aryl methyl sites for hydroxylation is 1. The normalized spacial score (nSPS) is 17.8. The first-order valence-electron chi connectivity index (χ1n) is 11.6. The van der Waals surface area contributed by atoms with Gasteiger partial charge in [-0.1, -0.05) is 24.8 Å². The molecule has 2 aromatic rings. The van der Waals surface area contributed by atoms with Gasteiger partial charge in [0.05, 0.1) is 24.7 Å². The molecule has 0 amide bonds. The van der Waals surface area contributed by atoms with Crippen molar-refractivity contribution in [1.82, 2.24) is 14.8 Å². The van der Waals surface area contributed by atoms with Crippen LogP contribution >= 0.6 is 11.6 Å². The summed E-state index contributed by atoms with van der Waals surface area (Å²) in [6.45, 7) is 13.7. The number of rotatable bonds is 13. The summed E-state index contributed by atoms with van der Waals surface area (Å²) < 4.78 is 35.3. The molecule has 2 aromatic heterocycles. The van der Waals surface area contributed by atoms with Gasteiger partial charge in [0.2, 0.25) is 5.88 Å². The number of ether oxygens (including phenoxy) is 1.